The highest BCUT2D eigenvalue weighted by molar-refractivity contribution is 5.93. The summed E-state index contributed by atoms with van der Waals surface area (Å²) in [6.45, 7) is 5.15. The number of amides is 1. The van der Waals surface area contributed by atoms with E-state index in [0.717, 1.165) is 11.1 Å². The van der Waals surface area contributed by atoms with Crippen LogP contribution in [-0.2, 0) is 22.5 Å². The molecule has 8 heteroatoms. The summed E-state index contributed by atoms with van der Waals surface area (Å²) in [5.41, 5.74) is 2.75. The molecule has 1 aromatic heterocycles. The third kappa shape index (κ3) is 4.70. The highest BCUT2D eigenvalue weighted by Crippen LogP contribution is 2.14. The van der Waals surface area contributed by atoms with Crippen LogP contribution in [-0.4, -0.2) is 64.9 Å². The van der Waals surface area contributed by atoms with Crippen LogP contribution in [0.15, 0.2) is 47.3 Å². The summed E-state index contributed by atoms with van der Waals surface area (Å²) in [5.74, 6) is 0.192. The first-order valence-electron chi connectivity index (χ1n) is 10.6. The fraction of sp³-hybridized carbons (Fsp3) is 0.333. The first-order chi connectivity index (χ1) is 15.4. The summed E-state index contributed by atoms with van der Waals surface area (Å²) in [7, 11) is 1.31. The third-order valence-electron chi connectivity index (χ3n) is 5.88. The largest absolute Gasteiger partial charge is 0.465 e. The van der Waals surface area contributed by atoms with E-state index >= 15 is 0 Å². The maximum atomic E-state index is 12.7. The molecule has 1 aliphatic heterocycles. The zero-order valence-electron chi connectivity index (χ0n) is 18.3. The lowest BCUT2D eigenvalue weighted by Gasteiger charge is -2.34. The molecule has 0 unspecified atom stereocenters. The number of H-pyrrole nitrogens is 1. The molecule has 1 amide bonds. The minimum atomic E-state index is -0.470. The van der Waals surface area contributed by atoms with Crippen molar-refractivity contribution in [3.63, 3.8) is 0 Å². The summed E-state index contributed by atoms with van der Waals surface area (Å²) in [6, 6.07) is 12.7. The summed E-state index contributed by atoms with van der Waals surface area (Å²) in [6.07, 6.45) is 0.411. The van der Waals surface area contributed by atoms with Gasteiger partial charge in [0.05, 0.1) is 36.5 Å². The van der Waals surface area contributed by atoms with Crippen LogP contribution in [0.2, 0.25) is 0 Å². The van der Waals surface area contributed by atoms with E-state index < -0.39 is 5.97 Å². The Balaban J connectivity index is 1.40. The topological polar surface area (TPSA) is 95.6 Å². The molecule has 32 heavy (non-hydrogen) atoms. The molecule has 4 rings (SSSR count). The number of methoxy groups -OCH3 is 1. The molecule has 166 valence electrons. The number of piperazine rings is 1. The zero-order valence-corrected chi connectivity index (χ0v) is 18.3. The molecule has 0 radical (unpaired) electrons. The molecule has 1 fully saturated rings. The molecular formula is C24H26N4O4. The van der Waals surface area contributed by atoms with Crippen molar-refractivity contribution in [2.45, 2.75) is 19.9 Å². The van der Waals surface area contributed by atoms with Crippen molar-refractivity contribution < 1.29 is 14.3 Å². The van der Waals surface area contributed by atoms with Gasteiger partial charge < -0.3 is 14.6 Å². The Morgan fingerprint density at radius 3 is 2.56 bits per heavy atom. The molecule has 2 heterocycles. The van der Waals surface area contributed by atoms with Crippen LogP contribution >= 0.6 is 0 Å². The van der Waals surface area contributed by atoms with Crippen molar-refractivity contribution in [3.8, 4) is 0 Å². The standard InChI is InChI=1S/C24H26N4O4/c1-16-5-3-4-6-17(16)14-22(29)28-11-9-27(10-12-28)15-21-25-20-13-18(24(31)32-2)7-8-19(20)23(30)26-21/h3-8,13H,9-12,14-15H2,1-2H3,(H,25,26,30). The smallest absolute Gasteiger partial charge is 0.337 e. The summed E-state index contributed by atoms with van der Waals surface area (Å²) < 4.78 is 4.75. The number of esters is 1. The van der Waals surface area contributed by atoms with Crippen LogP contribution < -0.4 is 5.56 Å². The number of aromatic amines is 1. The van der Waals surface area contributed by atoms with Gasteiger partial charge in [-0.1, -0.05) is 24.3 Å². The van der Waals surface area contributed by atoms with Gasteiger partial charge in [0.1, 0.15) is 5.82 Å². The SMILES string of the molecule is COC(=O)c1ccc2c(=O)[nH]c(CN3CCN(C(=O)Cc4ccccc4C)CC3)nc2c1. The van der Waals surface area contributed by atoms with Crippen molar-refractivity contribution in [1.82, 2.24) is 19.8 Å². The van der Waals surface area contributed by atoms with Gasteiger partial charge in [-0.25, -0.2) is 9.78 Å². The van der Waals surface area contributed by atoms with E-state index in [-0.39, 0.29) is 11.5 Å². The van der Waals surface area contributed by atoms with E-state index in [1.54, 1.807) is 18.2 Å². The second kappa shape index (κ2) is 9.32. The van der Waals surface area contributed by atoms with Gasteiger partial charge in [-0.05, 0) is 36.2 Å². The first-order valence-corrected chi connectivity index (χ1v) is 10.6. The number of hydrogen-bond acceptors (Lipinski definition) is 6. The Morgan fingerprint density at radius 2 is 1.84 bits per heavy atom. The maximum absolute atomic E-state index is 12.7. The fourth-order valence-corrected chi connectivity index (χ4v) is 3.96. The van der Waals surface area contributed by atoms with Crippen LogP contribution in [0.5, 0.6) is 0 Å². The number of fused-ring (bicyclic) bond motifs is 1. The normalized spacial score (nSPS) is 14.5. The summed E-state index contributed by atoms with van der Waals surface area (Å²) in [5, 5.41) is 0.424. The zero-order chi connectivity index (χ0) is 22.7. The monoisotopic (exact) mass is 434 g/mol. The number of nitrogens with zero attached hydrogens (tertiary/aromatic N) is 3. The predicted molar refractivity (Wildman–Crippen MR) is 120 cm³/mol. The Kier molecular flexibility index (Phi) is 6.32. The average molecular weight is 434 g/mol. The summed E-state index contributed by atoms with van der Waals surface area (Å²) >= 11 is 0. The van der Waals surface area contributed by atoms with Crippen molar-refractivity contribution in [2.24, 2.45) is 0 Å². The van der Waals surface area contributed by atoms with Crippen LogP contribution in [0.4, 0.5) is 0 Å². The molecule has 0 spiro atoms. The molecule has 1 aliphatic rings. The van der Waals surface area contributed by atoms with Crippen LogP contribution in [0, 0.1) is 6.92 Å². The van der Waals surface area contributed by atoms with Gasteiger partial charge in [-0.3, -0.25) is 14.5 Å². The number of aryl methyl sites for hydroxylation is 1. The number of carbonyl (C=O) groups excluding carboxylic acids is 2. The second-order valence-electron chi connectivity index (χ2n) is 8.00. The highest BCUT2D eigenvalue weighted by atomic mass is 16.5. The van der Waals surface area contributed by atoms with E-state index in [0.29, 0.717) is 61.4 Å². The summed E-state index contributed by atoms with van der Waals surface area (Å²) in [4.78, 5) is 48.4. The van der Waals surface area contributed by atoms with Crippen molar-refractivity contribution in [3.05, 3.63) is 75.3 Å². The number of carbonyl (C=O) groups is 2. The minimum Gasteiger partial charge on any atom is -0.465 e. The van der Waals surface area contributed by atoms with Gasteiger partial charge in [-0.15, -0.1) is 0 Å². The quantitative estimate of drug-likeness (QED) is 0.617. The van der Waals surface area contributed by atoms with E-state index in [4.69, 9.17) is 4.74 Å². The molecule has 1 saturated heterocycles. The highest BCUT2D eigenvalue weighted by Gasteiger charge is 2.22. The number of nitrogens with one attached hydrogen (secondary N) is 1. The van der Waals surface area contributed by atoms with Crippen molar-refractivity contribution in [1.29, 1.82) is 0 Å². The molecule has 3 aromatic rings. The first kappa shape index (κ1) is 21.7. The van der Waals surface area contributed by atoms with Crippen LogP contribution in [0.3, 0.4) is 0 Å². The minimum absolute atomic E-state index is 0.131. The van der Waals surface area contributed by atoms with Gasteiger partial charge >= 0.3 is 5.97 Å². The van der Waals surface area contributed by atoms with Gasteiger partial charge in [0.15, 0.2) is 0 Å². The van der Waals surface area contributed by atoms with E-state index in [1.165, 1.54) is 7.11 Å². The second-order valence-corrected chi connectivity index (χ2v) is 8.00. The van der Waals surface area contributed by atoms with Crippen molar-refractivity contribution >= 4 is 22.8 Å². The molecule has 2 aromatic carbocycles. The van der Waals surface area contributed by atoms with E-state index in [1.807, 2.05) is 36.1 Å². The van der Waals surface area contributed by atoms with Gasteiger partial charge in [0, 0.05) is 26.2 Å². The number of rotatable bonds is 5. The molecule has 0 saturated carbocycles. The molecule has 1 N–H and O–H groups in total. The van der Waals surface area contributed by atoms with Crippen molar-refractivity contribution in [2.75, 3.05) is 33.3 Å². The molecule has 0 bridgehead atoms. The number of hydrogen-bond donors (Lipinski definition) is 1. The number of benzene rings is 2. The molecule has 8 nitrogen and oxygen atoms in total. The molecule has 0 atom stereocenters. The van der Waals surface area contributed by atoms with Crippen LogP contribution in [0.25, 0.3) is 10.9 Å². The fourth-order valence-electron chi connectivity index (χ4n) is 3.96. The van der Waals surface area contributed by atoms with E-state index in [2.05, 4.69) is 14.9 Å². The third-order valence-corrected chi connectivity index (χ3v) is 5.88. The number of aromatic nitrogens is 2. The Bertz CT molecular complexity index is 1210. The van der Waals surface area contributed by atoms with E-state index in [9.17, 15) is 14.4 Å². The Hall–Kier alpha value is -3.52. The lowest BCUT2D eigenvalue weighted by molar-refractivity contribution is -0.132. The maximum Gasteiger partial charge on any atom is 0.337 e. The van der Waals surface area contributed by atoms with Gasteiger partial charge in [-0.2, -0.15) is 0 Å². The van der Waals surface area contributed by atoms with Crippen LogP contribution in [0.1, 0.15) is 27.3 Å². The lowest BCUT2D eigenvalue weighted by atomic mass is 10.1. The molecule has 0 aliphatic carbocycles. The number of ether oxygens (including phenoxy) is 1. The average Bonchev–Trinajstić information content (AvgIpc) is 2.80. The lowest BCUT2D eigenvalue weighted by Crippen LogP contribution is -2.49. The Labute approximate surface area is 185 Å². The Morgan fingerprint density at radius 1 is 1.09 bits per heavy atom. The predicted octanol–water partition coefficient (Wildman–Crippen LogP) is 1.91. The van der Waals surface area contributed by atoms with Gasteiger partial charge in [0.2, 0.25) is 5.91 Å². The van der Waals surface area contributed by atoms with Gasteiger partial charge in [0.25, 0.3) is 5.56 Å². The molecular weight excluding hydrogens is 408 g/mol.